The van der Waals surface area contributed by atoms with Gasteiger partial charge in [-0.2, -0.15) is 4.31 Å². The van der Waals surface area contributed by atoms with Crippen molar-refractivity contribution in [2.45, 2.75) is 36.9 Å². The van der Waals surface area contributed by atoms with Crippen LogP contribution in [0.4, 0.5) is 4.79 Å². The molecular weight excluding hydrogens is 564 g/mol. The molecule has 2 aliphatic heterocycles. The van der Waals surface area contributed by atoms with Gasteiger partial charge in [0.15, 0.2) is 0 Å². The average molecular weight is 597 g/mol. The van der Waals surface area contributed by atoms with E-state index >= 15 is 0 Å². The molecule has 220 valence electrons. The summed E-state index contributed by atoms with van der Waals surface area (Å²) in [6.07, 6.45) is -0.480. The van der Waals surface area contributed by atoms with Crippen LogP contribution >= 0.6 is 0 Å². The van der Waals surface area contributed by atoms with Gasteiger partial charge in [0.05, 0.1) is 16.9 Å². The summed E-state index contributed by atoms with van der Waals surface area (Å²) in [5.41, 5.74) is 3.32. The lowest BCUT2D eigenvalue weighted by atomic mass is 9.92. The van der Waals surface area contributed by atoms with Crippen molar-refractivity contribution in [3.05, 3.63) is 131 Å². The van der Waals surface area contributed by atoms with Gasteiger partial charge in [-0.25, -0.2) is 18.1 Å². The summed E-state index contributed by atoms with van der Waals surface area (Å²) in [6.45, 7) is 2.38. The Kier molecular flexibility index (Phi) is 8.01. The minimum Gasteiger partial charge on any atom is -0.489 e. The molecule has 43 heavy (non-hydrogen) atoms. The molecule has 0 saturated carbocycles. The van der Waals surface area contributed by atoms with Crippen molar-refractivity contribution in [3.8, 4) is 5.75 Å². The fraction of sp³-hybridized carbons (Fsp3) is 0.235. The van der Waals surface area contributed by atoms with Crippen molar-refractivity contribution >= 4 is 22.0 Å². The van der Waals surface area contributed by atoms with Crippen LogP contribution in [0.3, 0.4) is 0 Å². The van der Waals surface area contributed by atoms with E-state index in [1.165, 1.54) is 4.31 Å². The first kappa shape index (κ1) is 28.6. The van der Waals surface area contributed by atoms with Crippen LogP contribution in [-0.2, 0) is 26.2 Å². The first-order valence-corrected chi connectivity index (χ1v) is 15.7. The van der Waals surface area contributed by atoms with Crippen molar-refractivity contribution in [1.82, 2.24) is 9.21 Å². The second kappa shape index (κ2) is 12.0. The number of nitrogens with zero attached hydrogens (tertiary/aromatic N) is 2. The van der Waals surface area contributed by atoms with Crippen molar-refractivity contribution < 1.29 is 27.5 Å². The quantitative estimate of drug-likeness (QED) is 0.246. The van der Waals surface area contributed by atoms with Crippen molar-refractivity contribution in [3.63, 3.8) is 0 Å². The van der Waals surface area contributed by atoms with E-state index in [9.17, 15) is 18.0 Å². The van der Waals surface area contributed by atoms with Crippen LogP contribution in [0.15, 0.2) is 114 Å². The Morgan fingerprint density at radius 2 is 1.56 bits per heavy atom. The zero-order valence-corrected chi connectivity index (χ0v) is 24.5. The largest absolute Gasteiger partial charge is 0.489 e. The normalized spacial score (nSPS) is 20.6. The highest BCUT2D eigenvalue weighted by Gasteiger charge is 2.50. The van der Waals surface area contributed by atoms with Crippen LogP contribution in [0, 0.1) is 12.8 Å². The Labute approximate surface area is 251 Å². The van der Waals surface area contributed by atoms with E-state index in [0.29, 0.717) is 17.9 Å². The maximum Gasteiger partial charge on any atom is 0.417 e. The monoisotopic (exact) mass is 596 g/mol. The second-order valence-corrected chi connectivity index (χ2v) is 12.7. The molecule has 0 spiro atoms. The number of benzene rings is 4. The molecule has 2 aliphatic rings. The van der Waals surface area contributed by atoms with E-state index in [1.54, 1.807) is 48.5 Å². The smallest absolute Gasteiger partial charge is 0.417 e. The van der Waals surface area contributed by atoms with Gasteiger partial charge in [-0.15, -0.1) is 0 Å². The number of cyclic esters (lactones) is 1. The topological polar surface area (TPSA) is 93.2 Å². The van der Waals surface area contributed by atoms with Gasteiger partial charge in [-0.3, -0.25) is 4.79 Å². The summed E-state index contributed by atoms with van der Waals surface area (Å²) in [5.74, 6) is -0.727. The number of hydrogen-bond donors (Lipinski definition) is 0. The maximum atomic E-state index is 14.2. The molecule has 3 atom stereocenters. The van der Waals surface area contributed by atoms with Gasteiger partial charge in [-0.1, -0.05) is 90.5 Å². The first-order valence-electron chi connectivity index (χ1n) is 14.2. The van der Waals surface area contributed by atoms with E-state index in [0.717, 1.165) is 21.6 Å². The molecule has 2 heterocycles. The van der Waals surface area contributed by atoms with Gasteiger partial charge < -0.3 is 9.47 Å². The molecule has 0 radical (unpaired) electrons. The minimum absolute atomic E-state index is 0.0418. The molecule has 0 N–H and O–H groups in total. The molecule has 0 aliphatic carbocycles. The van der Waals surface area contributed by atoms with Gasteiger partial charge in [0.25, 0.3) is 0 Å². The highest BCUT2D eigenvalue weighted by atomic mass is 32.2. The highest BCUT2D eigenvalue weighted by Crippen LogP contribution is 2.44. The van der Waals surface area contributed by atoms with Gasteiger partial charge >= 0.3 is 6.09 Å². The number of amides is 2. The number of aryl methyl sites for hydroxylation is 1. The molecule has 4 aromatic carbocycles. The average Bonchev–Trinajstić information content (AvgIpc) is 3.66. The van der Waals surface area contributed by atoms with E-state index in [2.05, 4.69) is 0 Å². The molecule has 4 aromatic rings. The zero-order chi connectivity index (χ0) is 30.0. The third-order valence-electron chi connectivity index (χ3n) is 8.04. The molecule has 0 aromatic heterocycles. The lowest BCUT2D eigenvalue weighted by Crippen LogP contribution is -2.41. The number of hydrogen-bond acceptors (Lipinski definition) is 6. The predicted molar refractivity (Wildman–Crippen MR) is 161 cm³/mol. The summed E-state index contributed by atoms with van der Waals surface area (Å²) in [5, 5.41) is 0. The van der Waals surface area contributed by atoms with Gasteiger partial charge in [-0.05, 0) is 54.3 Å². The molecule has 0 bridgehead atoms. The van der Waals surface area contributed by atoms with Crippen LogP contribution in [-0.4, -0.2) is 42.8 Å². The Hall–Kier alpha value is -4.47. The van der Waals surface area contributed by atoms with Crippen LogP contribution in [0.5, 0.6) is 5.75 Å². The number of sulfonamides is 1. The minimum atomic E-state index is -3.98. The van der Waals surface area contributed by atoms with E-state index in [1.807, 2.05) is 67.6 Å². The molecule has 0 unspecified atom stereocenters. The highest BCUT2D eigenvalue weighted by molar-refractivity contribution is 7.89. The number of carbonyl (C=O) groups is 2. The van der Waals surface area contributed by atoms with E-state index in [-0.39, 0.29) is 24.5 Å². The van der Waals surface area contributed by atoms with Crippen molar-refractivity contribution in [2.24, 2.45) is 5.92 Å². The summed E-state index contributed by atoms with van der Waals surface area (Å²) in [7, 11) is -3.98. The van der Waals surface area contributed by atoms with Crippen molar-refractivity contribution in [2.75, 3.05) is 13.2 Å². The van der Waals surface area contributed by atoms with Crippen molar-refractivity contribution in [1.29, 1.82) is 0 Å². The maximum absolute atomic E-state index is 14.2. The molecule has 2 fully saturated rings. The van der Waals surface area contributed by atoms with Crippen LogP contribution in [0.2, 0.25) is 0 Å². The van der Waals surface area contributed by atoms with Gasteiger partial charge in [0.1, 0.15) is 25.0 Å². The van der Waals surface area contributed by atoms with Crippen LogP contribution in [0.25, 0.3) is 0 Å². The lowest BCUT2D eigenvalue weighted by molar-refractivity contribution is -0.134. The van der Waals surface area contributed by atoms with E-state index < -0.39 is 40.0 Å². The third-order valence-corrected chi connectivity index (χ3v) is 9.93. The molecular formula is C34H32N2O6S. The molecule has 6 rings (SSSR count). The van der Waals surface area contributed by atoms with Crippen LogP contribution < -0.4 is 4.74 Å². The lowest BCUT2D eigenvalue weighted by Gasteiger charge is -2.30. The number of imide groups is 1. The Bertz CT molecular complexity index is 1710. The SMILES string of the molecule is Cc1ccc(S(=O)(=O)N2CC[C@@H](C(=O)N3C(=O)OC[C@@H]3c3ccccc3)[C@H]2c2cccc(OCc3ccccc3)c2)cc1. The van der Waals surface area contributed by atoms with E-state index in [4.69, 9.17) is 9.47 Å². The third kappa shape index (κ3) is 5.78. The zero-order valence-electron chi connectivity index (χ0n) is 23.7. The summed E-state index contributed by atoms with van der Waals surface area (Å²) in [6, 6.07) is 31.4. The standard InChI is InChI=1S/C34H32N2O6S/c1-24-15-17-29(18-16-24)43(39,40)35-20-19-30(33(37)36-31(23-42-34(36)38)26-11-6-3-7-12-26)32(35)27-13-8-14-28(21-27)41-22-25-9-4-2-5-10-25/h2-18,21,30-32H,19-20,22-23H2,1H3/t30-,31-,32-/m1/s1. The molecule has 8 nitrogen and oxygen atoms in total. The second-order valence-electron chi connectivity index (χ2n) is 10.8. The number of ether oxygens (including phenoxy) is 2. The molecule has 2 saturated heterocycles. The molecule has 2 amide bonds. The van der Waals surface area contributed by atoms with Crippen LogP contribution in [0.1, 0.15) is 40.8 Å². The van der Waals surface area contributed by atoms with Gasteiger partial charge in [0.2, 0.25) is 15.9 Å². The summed E-state index contributed by atoms with van der Waals surface area (Å²) in [4.78, 5) is 28.5. The Morgan fingerprint density at radius 3 is 2.28 bits per heavy atom. The predicted octanol–water partition coefficient (Wildman–Crippen LogP) is 6.05. The summed E-state index contributed by atoms with van der Waals surface area (Å²) >= 11 is 0. The molecule has 9 heteroatoms. The number of rotatable bonds is 8. The fourth-order valence-corrected chi connectivity index (χ4v) is 7.49. The van der Waals surface area contributed by atoms with Gasteiger partial charge in [0, 0.05) is 6.54 Å². The Morgan fingerprint density at radius 1 is 0.884 bits per heavy atom. The number of carbonyl (C=O) groups excluding carboxylic acids is 2. The summed E-state index contributed by atoms with van der Waals surface area (Å²) < 4.78 is 40.9. The first-order chi connectivity index (χ1) is 20.8. The fourth-order valence-electron chi connectivity index (χ4n) is 5.83. The Balaban J connectivity index is 1.36.